The Morgan fingerprint density at radius 2 is 1.02 bits per heavy atom. The van der Waals surface area contributed by atoms with Crippen molar-refractivity contribution in [2.45, 2.75) is 0 Å². The molecule has 0 N–H and O–H groups in total. The van der Waals surface area contributed by atoms with Gasteiger partial charge in [0.25, 0.3) is 6.71 Å². The van der Waals surface area contributed by atoms with Gasteiger partial charge in [-0.05, 0) is 62.4 Å². The Balaban J connectivity index is 1.46. The van der Waals surface area contributed by atoms with Crippen LogP contribution in [0, 0.1) is 0 Å². The van der Waals surface area contributed by atoms with E-state index in [9.17, 15) is 0 Å². The van der Waals surface area contributed by atoms with Crippen molar-refractivity contribution in [1.29, 1.82) is 0 Å². The highest BCUT2D eigenvalue weighted by molar-refractivity contribution is 6.99. The standard InChI is InChI=1S/C38H24BNO/c1-2-13-25(14-3-1)36-28-17-6-4-15-26(28)27-16-5-7-18-29(27)38(36)40-32-21-10-8-19-30(32)39-31-20-9-11-23-34(31)41-35-24-12-22-33(40)37(35)39/h1-24H. The van der Waals surface area contributed by atoms with Crippen molar-refractivity contribution in [1.82, 2.24) is 0 Å². The van der Waals surface area contributed by atoms with Crippen LogP contribution in [-0.2, 0) is 0 Å². The van der Waals surface area contributed by atoms with Crippen LogP contribution in [-0.4, -0.2) is 6.71 Å². The highest BCUT2D eigenvalue weighted by Gasteiger charge is 2.42. The monoisotopic (exact) mass is 521 g/mol. The Labute approximate surface area is 239 Å². The molecule has 7 aromatic rings. The third-order valence-electron chi connectivity index (χ3n) is 8.70. The van der Waals surface area contributed by atoms with Gasteiger partial charge in [-0.25, -0.2) is 0 Å². The fourth-order valence-electron chi connectivity index (χ4n) is 7.07. The van der Waals surface area contributed by atoms with Crippen molar-refractivity contribution in [3.63, 3.8) is 0 Å². The molecule has 2 aliphatic heterocycles. The van der Waals surface area contributed by atoms with Gasteiger partial charge in [0, 0.05) is 22.3 Å². The molecule has 0 saturated carbocycles. The lowest BCUT2D eigenvalue weighted by Gasteiger charge is -2.41. The summed E-state index contributed by atoms with van der Waals surface area (Å²) < 4.78 is 6.57. The summed E-state index contributed by atoms with van der Waals surface area (Å²) in [6.45, 7) is 0.102. The Bertz CT molecular complexity index is 2150. The Hall–Kier alpha value is -5.28. The second kappa shape index (κ2) is 8.61. The predicted molar refractivity (Wildman–Crippen MR) is 173 cm³/mol. The van der Waals surface area contributed by atoms with E-state index in [1.165, 1.54) is 66.1 Å². The first-order chi connectivity index (χ1) is 20.4. The fraction of sp³-hybridized carbons (Fsp3) is 0. The number of hydrogen-bond donors (Lipinski definition) is 0. The summed E-state index contributed by atoms with van der Waals surface area (Å²) in [7, 11) is 0. The van der Waals surface area contributed by atoms with Crippen molar-refractivity contribution < 1.29 is 4.74 Å². The molecular weight excluding hydrogens is 497 g/mol. The smallest absolute Gasteiger partial charge is 0.256 e. The molecule has 0 spiro atoms. The molecular formula is C38H24BNO. The van der Waals surface area contributed by atoms with Crippen molar-refractivity contribution in [3.05, 3.63) is 146 Å². The number of rotatable bonds is 2. The molecule has 190 valence electrons. The van der Waals surface area contributed by atoms with Crippen LogP contribution in [0.3, 0.4) is 0 Å². The number of hydrogen-bond acceptors (Lipinski definition) is 2. The van der Waals surface area contributed by atoms with Gasteiger partial charge in [-0.2, -0.15) is 0 Å². The van der Waals surface area contributed by atoms with Gasteiger partial charge in [0.1, 0.15) is 11.5 Å². The average Bonchev–Trinajstić information content (AvgIpc) is 3.05. The number of para-hydroxylation sites is 2. The lowest BCUT2D eigenvalue weighted by atomic mass is 9.34. The van der Waals surface area contributed by atoms with Gasteiger partial charge in [0.05, 0.1) is 5.69 Å². The van der Waals surface area contributed by atoms with Gasteiger partial charge >= 0.3 is 0 Å². The maximum absolute atomic E-state index is 6.57. The summed E-state index contributed by atoms with van der Waals surface area (Å²) in [5.41, 5.74) is 9.74. The first kappa shape index (κ1) is 22.5. The second-order valence-electron chi connectivity index (χ2n) is 10.8. The zero-order valence-corrected chi connectivity index (χ0v) is 22.3. The van der Waals surface area contributed by atoms with Crippen LogP contribution in [0.15, 0.2) is 146 Å². The average molecular weight is 521 g/mol. The number of nitrogens with zero attached hydrogens (tertiary/aromatic N) is 1. The van der Waals surface area contributed by atoms with E-state index in [1.807, 2.05) is 0 Å². The van der Waals surface area contributed by atoms with Gasteiger partial charge in [0.15, 0.2) is 0 Å². The minimum absolute atomic E-state index is 0.102. The van der Waals surface area contributed by atoms with Crippen LogP contribution in [0.2, 0.25) is 0 Å². The lowest BCUT2D eigenvalue weighted by molar-refractivity contribution is 0.487. The molecule has 0 aromatic heterocycles. The van der Waals surface area contributed by atoms with Crippen LogP contribution in [0.4, 0.5) is 17.1 Å². The fourth-order valence-corrected chi connectivity index (χ4v) is 7.07. The lowest BCUT2D eigenvalue weighted by Crippen LogP contribution is -2.59. The highest BCUT2D eigenvalue weighted by atomic mass is 16.5. The maximum Gasteiger partial charge on any atom is 0.256 e. The summed E-state index contributed by atoms with van der Waals surface area (Å²) >= 11 is 0. The quantitative estimate of drug-likeness (QED) is 0.169. The molecule has 0 radical (unpaired) electrons. The molecule has 2 aliphatic rings. The number of fused-ring (bicyclic) bond motifs is 7. The zero-order chi connectivity index (χ0) is 26.9. The number of anilines is 3. The molecule has 41 heavy (non-hydrogen) atoms. The van der Waals surface area contributed by atoms with Crippen molar-refractivity contribution in [2.24, 2.45) is 0 Å². The second-order valence-corrected chi connectivity index (χ2v) is 10.8. The SMILES string of the molecule is c1ccc(-c2c(N3c4ccccc4B4c5ccccc5Oc5cccc3c54)c3ccccc3c3ccccc23)cc1. The van der Waals surface area contributed by atoms with Crippen LogP contribution < -0.4 is 26.0 Å². The van der Waals surface area contributed by atoms with Crippen LogP contribution >= 0.6 is 0 Å². The van der Waals surface area contributed by atoms with Crippen LogP contribution in [0.5, 0.6) is 11.5 Å². The van der Waals surface area contributed by atoms with Crippen molar-refractivity contribution in [2.75, 3.05) is 4.90 Å². The molecule has 0 unspecified atom stereocenters. The van der Waals surface area contributed by atoms with Crippen molar-refractivity contribution in [3.8, 4) is 22.6 Å². The molecule has 0 atom stereocenters. The van der Waals surface area contributed by atoms with E-state index in [0.29, 0.717) is 0 Å². The topological polar surface area (TPSA) is 12.5 Å². The minimum Gasteiger partial charge on any atom is -0.458 e. The molecule has 0 amide bonds. The molecule has 0 aliphatic carbocycles. The summed E-state index contributed by atoms with van der Waals surface area (Å²) in [4.78, 5) is 2.50. The van der Waals surface area contributed by atoms with Gasteiger partial charge in [-0.1, -0.05) is 121 Å². The Kier molecular flexibility index (Phi) is 4.73. The third-order valence-corrected chi connectivity index (χ3v) is 8.70. The van der Waals surface area contributed by atoms with Crippen LogP contribution in [0.25, 0.3) is 32.7 Å². The molecule has 2 heterocycles. The molecule has 0 saturated heterocycles. The molecule has 3 heteroatoms. The van der Waals surface area contributed by atoms with E-state index in [2.05, 4.69) is 150 Å². The van der Waals surface area contributed by atoms with Crippen molar-refractivity contribution >= 4 is 61.7 Å². The molecule has 9 rings (SSSR count). The highest BCUT2D eigenvalue weighted by Crippen LogP contribution is 2.50. The minimum atomic E-state index is 0.102. The van der Waals surface area contributed by atoms with Gasteiger partial charge in [-0.3, -0.25) is 0 Å². The normalized spacial score (nSPS) is 13.0. The third kappa shape index (κ3) is 3.15. The summed E-state index contributed by atoms with van der Waals surface area (Å²) in [5.74, 6) is 1.86. The van der Waals surface area contributed by atoms with E-state index in [1.54, 1.807) is 0 Å². The Morgan fingerprint density at radius 1 is 0.439 bits per heavy atom. The first-order valence-corrected chi connectivity index (χ1v) is 14.2. The Morgan fingerprint density at radius 3 is 1.85 bits per heavy atom. The summed E-state index contributed by atoms with van der Waals surface area (Å²) in [6.07, 6.45) is 0. The summed E-state index contributed by atoms with van der Waals surface area (Å²) in [5, 5.41) is 5.00. The van der Waals surface area contributed by atoms with Gasteiger partial charge < -0.3 is 9.64 Å². The maximum atomic E-state index is 6.57. The largest absolute Gasteiger partial charge is 0.458 e. The van der Waals surface area contributed by atoms with Gasteiger partial charge in [0.2, 0.25) is 0 Å². The molecule has 2 nitrogen and oxygen atoms in total. The van der Waals surface area contributed by atoms with Gasteiger partial charge in [-0.15, -0.1) is 0 Å². The van der Waals surface area contributed by atoms with E-state index in [-0.39, 0.29) is 6.71 Å². The van der Waals surface area contributed by atoms with E-state index >= 15 is 0 Å². The first-order valence-electron chi connectivity index (χ1n) is 14.2. The van der Waals surface area contributed by atoms with E-state index in [0.717, 1.165) is 11.5 Å². The summed E-state index contributed by atoms with van der Waals surface area (Å²) in [6, 6.07) is 52.4. The predicted octanol–water partition coefficient (Wildman–Crippen LogP) is 8.07. The van der Waals surface area contributed by atoms with Crippen LogP contribution in [0.1, 0.15) is 0 Å². The molecule has 0 bridgehead atoms. The zero-order valence-electron chi connectivity index (χ0n) is 22.3. The van der Waals surface area contributed by atoms with E-state index in [4.69, 9.17) is 4.74 Å². The molecule has 7 aromatic carbocycles. The molecule has 0 fully saturated rings. The van der Waals surface area contributed by atoms with E-state index < -0.39 is 0 Å². The number of ether oxygens (including phenoxy) is 1. The number of benzene rings is 7.